The molecule has 23 heavy (non-hydrogen) atoms. The van der Waals surface area contributed by atoms with Gasteiger partial charge >= 0.3 is 0 Å². The zero-order valence-corrected chi connectivity index (χ0v) is 14.7. The molecule has 2 atom stereocenters. The van der Waals surface area contributed by atoms with Crippen LogP contribution in [0.3, 0.4) is 0 Å². The van der Waals surface area contributed by atoms with Gasteiger partial charge in [-0.3, -0.25) is 9.69 Å². The number of amides is 1. The minimum absolute atomic E-state index is 0.00878. The largest absolute Gasteiger partial charge is 0.341 e. The Morgan fingerprint density at radius 1 is 1.22 bits per heavy atom. The van der Waals surface area contributed by atoms with Crippen molar-refractivity contribution in [3.8, 4) is 0 Å². The molecule has 3 rings (SSSR count). The van der Waals surface area contributed by atoms with Crippen molar-refractivity contribution >= 4 is 5.91 Å². The minimum Gasteiger partial charge on any atom is -0.341 e. The average molecular weight is 319 g/mol. The molecule has 0 spiro atoms. The number of carbonyl (C=O) groups is 1. The van der Waals surface area contributed by atoms with Gasteiger partial charge in [0.1, 0.15) is 11.6 Å². The van der Waals surface area contributed by atoms with Crippen molar-refractivity contribution in [1.29, 1.82) is 0 Å². The Labute approximate surface area is 138 Å². The van der Waals surface area contributed by atoms with Crippen LogP contribution in [0.5, 0.6) is 0 Å². The normalized spacial score (nSPS) is 24.1. The number of rotatable bonds is 4. The van der Waals surface area contributed by atoms with Crippen molar-refractivity contribution < 1.29 is 4.79 Å². The maximum Gasteiger partial charge on any atom is 0.239 e. The third-order valence-electron chi connectivity index (χ3n) is 5.27. The van der Waals surface area contributed by atoms with Gasteiger partial charge in [0, 0.05) is 26.2 Å². The molecule has 0 saturated carbocycles. The second-order valence-corrected chi connectivity index (χ2v) is 7.10. The molecule has 0 aliphatic carbocycles. The molecule has 1 aromatic rings. The Bertz CT molecular complexity index is 549. The van der Waals surface area contributed by atoms with Gasteiger partial charge in [0.25, 0.3) is 0 Å². The molecule has 2 aliphatic heterocycles. The van der Waals surface area contributed by atoms with E-state index in [4.69, 9.17) is 0 Å². The van der Waals surface area contributed by atoms with Crippen LogP contribution in [0.15, 0.2) is 0 Å². The molecule has 0 N–H and O–H groups in total. The highest BCUT2D eigenvalue weighted by Crippen LogP contribution is 2.22. The number of hydrogen-bond donors (Lipinski definition) is 0. The number of piperidine rings is 1. The Morgan fingerprint density at radius 3 is 2.61 bits per heavy atom. The summed E-state index contributed by atoms with van der Waals surface area (Å²) in [6, 6.07) is 0.00878. The first-order valence-electron chi connectivity index (χ1n) is 8.95. The van der Waals surface area contributed by atoms with Crippen LogP contribution in [0.4, 0.5) is 0 Å². The fourth-order valence-electron chi connectivity index (χ4n) is 3.93. The van der Waals surface area contributed by atoms with E-state index in [1.165, 1.54) is 6.42 Å². The first kappa shape index (κ1) is 16.4. The summed E-state index contributed by atoms with van der Waals surface area (Å²) in [5.41, 5.74) is 0. The van der Waals surface area contributed by atoms with Gasteiger partial charge in [-0.2, -0.15) is 5.10 Å². The van der Waals surface area contributed by atoms with Gasteiger partial charge in [0.15, 0.2) is 0 Å². The predicted octanol–water partition coefficient (Wildman–Crippen LogP) is 1.62. The summed E-state index contributed by atoms with van der Waals surface area (Å²) >= 11 is 0. The SMILES string of the molecule is Cc1nc(C)n(C[C@H]2CCCN([C@H](C)C(=O)N3CCCC3)C2)n1. The fraction of sp³-hybridized carbons (Fsp3) is 0.824. The van der Waals surface area contributed by atoms with E-state index in [1.54, 1.807) is 0 Å². The summed E-state index contributed by atoms with van der Waals surface area (Å²) < 4.78 is 2.02. The lowest BCUT2D eigenvalue weighted by Gasteiger charge is -2.37. The molecule has 0 radical (unpaired) electrons. The highest BCUT2D eigenvalue weighted by molar-refractivity contribution is 5.81. The van der Waals surface area contributed by atoms with Crippen LogP contribution in [-0.4, -0.2) is 62.7 Å². The lowest BCUT2D eigenvalue weighted by molar-refractivity contribution is -0.136. The summed E-state index contributed by atoms with van der Waals surface area (Å²) in [7, 11) is 0. The van der Waals surface area contributed by atoms with Gasteiger partial charge in [0.05, 0.1) is 6.04 Å². The first-order chi connectivity index (χ1) is 11.0. The number of hydrogen-bond acceptors (Lipinski definition) is 4. The minimum atomic E-state index is 0.00878. The quantitative estimate of drug-likeness (QED) is 0.846. The van der Waals surface area contributed by atoms with Crippen molar-refractivity contribution in [1.82, 2.24) is 24.6 Å². The van der Waals surface area contributed by atoms with Crippen molar-refractivity contribution in [3.05, 3.63) is 11.6 Å². The second-order valence-electron chi connectivity index (χ2n) is 7.10. The molecular weight excluding hydrogens is 290 g/mol. The van der Waals surface area contributed by atoms with Crippen molar-refractivity contribution in [3.63, 3.8) is 0 Å². The van der Waals surface area contributed by atoms with Gasteiger partial charge in [0.2, 0.25) is 5.91 Å². The average Bonchev–Trinajstić information content (AvgIpc) is 3.16. The van der Waals surface area contributed by atoms with Gasteiger partial charge in [-0.15, -0.1) is 0 Å². The smallest absolute Gasteiger partial charge is 0.239 e. The fourth-order valence-corrected chi connectivity index (χ4v) is 3.93. The number of likely N-dealkylation sites (tertiary alicyclic amines) is 2. The molecule has 2 aliphatic rings. The molecule has 1 aromatic heterocycles. The van der Waals surface area contributed by atoms with Crippen LogP contribution in [0.25, 0.3) is 0 Å². The summed E-state index contributed by atoms with van der Waals surface area (Å²) in [5.74, 6) is 2.70. The monoisotopic (exact) mass is 319 g/mol. The van der Waals surface area contributed by atoms with E-state index in [2.05, 4.69) is 21.9 Å². The van der Waals surface area contributed by atoms with Crippen LogP contribution >= 0.6 is 0 Å². The molecule has 0 bridgehead atoms. The van der Waals surface area contributed by atoms with E-state index in [0.717, 1.165) is 63.6 Å². The highest BCUT2D eigenvalue weighted by Gasteiger charge is 2.31. The van der Waals surface area contributed by atoms with Crippen LogP contribution < -0.4 is 0 Å². The number of carbonyl (C=O) groups excluding carboxylic acids is 1. The summed E-state index contributed by atoms with van der Waals surface area (Å²) in [6.07, 6.45) is 4.69. The maximum atomic E-state index is 12.6. The molecular formula is C17H29N5O. The Balaban J connectivity index is 1.59. The maximum absolute atomic E-state index is 12.6. The van der Waals surface area contributed by atoms with E-state index < -0.39 is 0 Å². The number of nitrogens with zero attached hydrogens (tertiary/aromatic N) is 5. The summed E-state index contributed by atoms with van der Waals surface area (Å²) in [5, 5.41) is 4.48. The molecule has 128 valence electrons. The first-order valence-corrected chi connectivity index (χ1v) is 8.95. The lowest BCUT2D eigenvalue weighted by atomic mass is 9.96. The van der Waals surface area contributed by atoms with Crippen LogP contribution in [0, 0.1) is 19.8 Å². The zero-order chi connectivity index (χ0) is 16.4. The van der Waals surface area contributed by atoms with E-state index in [0.29, 0.717) is 11.8 Å². The van der Waals surface area contributed by atoms with Crippen molar-refractivity contribution in [2.24, 2.45) is 5.92 Å². The van der Waals surface area contributed by atoms with Crippen LogP contribution in [0.2, 0.25) is 0 Å². The molecule has 3 heterocycles. The molecule has 0 unspecified atom stereocenters. The van der Waals surface area contributed by atoms with Gasteiger partial charge in [-0.1, -0.05) is 0 Å². The number of aromatic nitrogens is 3. The van der Waals surface area contributed by atoms with Gasteiger partial charge < -0.3 is 4.90 Å². The standard InChI is InChI=1S/C17H29N5O/c1-13(17(23)20-8-4-5-9-20)21-10-6-7-16(11-21)12-22-15(3)18-14(2)19-22/h13,16H,4-12H2,1-3H3/t13-,16+/m1/s1. The van der Waals surface area contributed by atoms with Crippen LogP contribution in [-0.2, 0) is 11.3 Å². The Morgan fingerprint density at radius 2 is 1.96 bits per heavy atom. The van der Waals surface area contributed by atoms with Gasteiger partial charge in [-0.05, 0) is 58.9 Å². The lowest BCUT2D eigenvalue weighted by Crippen LogP contribution is -2.50. The van der Waals surface area contributed by atoms with E-state index in [-0.39, 0.29) is 6.04 Å². The number of aryl methyl sites for hydroxylation is 2. The van der Waals surface area contributed by atoms with Gasteiger partial charge in [-0.25, -0.2) is 9.67 Å². The summed E-state index contributed by atoms with van der Waals surface area (Å²) in [4.78, 5) is 21.4. The molecule has 0 aromatic carbocycles. The highest BCUT2D eigenvalue weighted by atomic mass is 16.2. The summed E-state index contributed by atoms with van der Waals surface area (Å²) in [6.45, 7) is 10.8. The zero-order valence-electron chi connectivity index (χ0n) is 14.7. The third kappa shape index (κ3) is 3.74. The third-order valence-corrected chi connectivity index (χ3v) is 5.27. The Hall–Kier alpha value is -1.43. The van der Waals surface area contributed by atoms with E-state index in [9.17, 15) is 4.79 Å². The molecule has 6 heteroatoms. The van der Waals surface area contributed by atoms with Crippen molar-refractivity contribution in [2.75, 3.05) is 26.2 Å². The van der Waals surface area contributed by atoms with Crippen molar-refractivity contribution in [2.45, 2.75) is 59.0 Å². The van der Waals surface area contributed by atoms with E-state index in [1.807, 2.05) is 23.4 Å². The Kier molecular flexibility index (Phi) is 4.99. The topological polar surface area (TPSA) is 54.3 Å². The molecule has 2 fully saturated rings. The van der Waals surface area contributed by atoms with E-state index >= 15 is 0 Å². The second kappa shape index (κ2) is 6.99. The molecule has 1 amide bonds. The molecule has 6 nitrogen and oxygen atoms in total. The molecule has 2 saturated heterocycles. The van der Waals surface area contributed by atoms with Crippen LogP contribution in [0.1, 0.15) is 44.3 Å². The predicted molar refractivity (Wildman–Crippen MR) is 89.1 cm³/mol.